The van der Waals surface area contributed by atoms with Crippen LogP contribution in [-0.4, -0.2) is 98.5 Å². The Kier molecular flexibility index (Phi) is 10.2. The molecule has 2 aliphatic rings. The van der Waals surface area contributed by atoms with Crippen molar-refractivity contribution in [1.82, 2.24) is 19.0 Å². The number of carbonyl (C=O) groups excluding carboxylic acids is 1. The zero-order chi connectivity index (χ0) is 31.0. The van der Waals surface area contributed by atoms with Crippen molar-refractivity contribution < 1.29 is 30.8 Å². The lowest BCUT2D eigenvalue weighted by molar-refractivity contribution is -0.140. The largest absolute Gasteiger partial charge is 0.419 e. The number of rotatable bonds is 8. The topological polar surface area (TPSA) is 64.2 Å². The smallest absolute Gasteiger partial charge is 0.339 e. The second kappa shape index (κ2) is 13.0. The maximum absolute atomic E-state index is 14.3. The summed E-state index contributed by atoms with van der Waals surface area (Å²) in [5.41, 5.74) is -0.0744. The molecule has 0 bridgehead atoms. The quantitative estimate of drug-likeness (QED) is 0.379. The van der Waals surface area contributed by atoms with Gasteiger partial charge in [-0.25, -0.2) is 17.1 Å². The monoisotopic (exact) mass is 652 g/mol. The Balaban J connectivity index is 1.47. The van der Waals surface area contributed by atoms with E-state index in [2.05, 4.69) is 0 Å². The molecule has 0 aliphatic carbocycles. The van der Waals surface area contributed by atoms with Crippen molar-refractivity contribution in [3.05, 3.63) is 69.0 Å². The Morgan fingerprint density at radius 3 is 2.26 bits per heavy atom. The Hall–Kier alpha value is -1.96. The highest BCUT2D eigenvalue weighted by Crippen LogP contribution is 2.36. The van der Waals surface area contributed by atoms with Crippen LogP contribution in [0.1, 0.15) is 35.4 Å². The number of sulfonamides is 1. The summed E-state index contributed by atoms with van der Waals surface area (Å²) >= 11 is 12.4. The van der Waals surface area contributed by atoms with Crippen LogP contribution in [-0.2, 0) is 27.5 Å². The molecule has 0 spiro atoms. The summed E-state index contributed by atoms with van der Waals surface area (Å²) in [5, 5.41) is 0.758. The van der Waals surface area contributed by atoms with Crippen LogP contribution in [0.5, 0.6) is 0 Å². The molecule has 2 heterocycles. The van der Waals surface area contributed by atoms with Crippen LogP contribution in [0.2, 0.25) is 10.0 Å². The number of piperidine rings is 1. The van der Waals surface area contributed by atoms with Crippen LogP contribution < -0.4 is 0 Å². The van der Waals surface area contributed by atoms with E-state index in [0.29, 0.717) is 54.6 Å². The summed E-state index contributed by atoms with van der Waals surface area (Å²) < 4.78 is 78.5. The predicted molar refractivity (Wildman–Crippen MR) is 155 cm³/mol. The van der Waals surface area contributed by atoms with Gasteiger partial charge in [0.2, 0.25) is 15.9 Å². The van der Waals surface area contributed by atoms with Crippen molar-refractivity contribution in [2.45, 2.75) is 43.6 Å². The predicted octanol–water partition coefficient (Wildman–Crippen LogP) is 4.93. The van der Waals surface area contributed by atoms with Crippen molar-refractivity contribution in [3.63, 3.8) is 0 Å². The number of carbonyl (C=O) groups is 1. The fourth-order valence-corrected chi connectivity index (χ4v) is 6.86. The van der Waals surface area contributed by atoms with Gasteiger partial charge in [-0.15, -0.1) is 0 Å². The third kappa shape index (κ3) is 7.75. The number of likely N-dealkylation sites (tertiary alicyclic amines) is 2. The minimum atomic E-state index is -4.78. The van der Waals surface area contributed by atoms with E-state index in [1.54, 1.807) is 31.1 Å². The van der Waals surface area contributed by atoms with Crippen molar-refractivity contribution in [3.8, 4) is 0 Å². The molecular weight excluding hydrogens is 619 g/mol. The molecule has 232 valence electrons. The molecule has 0 radical (unpaired) electrons. The molecule has 0 saturated carbocycles. The number of alkyl halides is 3. The minimum absolute atomic E-state index is 0.0774. The van der Waals surface area contributed by atoms with Crippen LogP contribution in [0.4, 0.5) is 17.6 Å². The van der Waals surface area contributed by atoms with Gasteiger partial charge in [0, 0.05) is 57.8 Å². The highest BCUT2D eigenvalue weighted by Gasteiger charge is 2.40. The van der Waals surface area contributed by atoms with E-state index in [1.165, 1.54) is 16.6 Å². The Bertz CT molecular complexity index is 1400. The highest BCUT2D eigenvalue weighted by atomic mass is 35.5. The number of amides is 1. The summed E-state index contributed by atoms with van der Waals surface area (Å²) in [6.07, 6.45) is -2.35. The third-order valence-corrected chi connectivity index (χ3v) is 10.4. The molecule has 2 atom stereocenters. The lowest BCUT2D eigenvalue weighted by Crippen LogP contribution is -2.48. The van der Waals surface area contributed by atoms with Crippen LogP contribution >= 0.6 is 23.2 Å². The van der Waals surface area contributed by atoms with Gasteiger partial charge in [-0.1, -0.05) is 35.3 Å². The SMILES string of the molecule is CN(Cc1ccc(C(F)(F)F)c(F)c1)[C@H]1CN(C(=O)CN2CCC(N(C)S(C)(=O)=O)CC2)C[C@@H]1c1ccc(Cl)c(Cl)c1. The molecule has 7 nitrogen and oxygen atoms in total. The number of likely N-dealkylation sites (N-methyl/N-ethyl adjacent to an activating group) is 1. The summed E-state index contributed by atoms with van der Waals surface area (Å²) in [7, 11) is 0.0707. The summed E-state index contributed by atoms with van der Waals surface area (Å²) in [5.74, 6) is -1.59. The first-order valence-electron chi connectivity index (χ1n) is 13.5. The summed E-state index contributed by atoms with van der Waals surface area (Å²) in [6.45, 7) is 2.27. The molecular formula is C28H34Cl2F4N4O3S. The first kappa shape index (κ1) is 32.9. The fraction of sp³-hybridized carbons (Fsp3) is 0.536. The van der Waals surface area contributed by atoms with E-state index in [1.807, 2.05) is 15.9 Å². The molecule has 4 rings (SSSR count). The normalized spacial score (nSPS) is 21.1. The molecule has 2 saturated heterocycles. The Morgan fingerprint density at radius 2 is 1.69 bits per heavy atom. The second-order valence-corrected chi connectivity index (χ2v) is 14.0. The van der Waals surface area contributed by atoms with Gasteiger partial charge in [0.1, 0.15) is 5.82 Å². The maximum Gasteiger partial charge on any atom is 0.419 e. The number of hydrogen-bond donors (Lipinski definition) is 0. The zero-order valence-electron chi connectivity index (χ0n) is 23.5. The van der Waals surface area contributed by atoms with Crippen LogP contribution in [0.15, 0.2) is 36.4 Å². The number of hydrogen-bond acceptors (Lipinski definition) is 5. The van der Waals surface area contributed by atoms with Gasteiger partial charge in [0.15, 0.2) is 0 Å². The van der Waals surface area contributed by atoms with Gasteiger partial charge in [0.25, 0.3) is 0 Å². The average Bonchev–Trinajstić information content (AvgIpc) is 3.35. The molecule has 42 heavy (non-hydrogen) atoms. The van der Waals surface area contributed by atoms with Gasteiger partial charge in [-0.05, 0) is 55.3 Å². The first-order valence-corrected chi connectivity index (χ1v) is 16.1. The lowest BCUT2D eigenvalue weighted by atomic mass is 9.93. The molecule has 2 aromatic rings. The van der Waals surface area contributed by atoms with Gasteiger partial charge in [-0.3, -0.25) is 14.6 Å². The Morgan fingerprint density at radius 1 is 1.02 bits per heavy atom. The van der Waals surface area contributed by atoms with E-state index < -0.39 is 27.6 Å². The number of benzene rings is 2. The Labute approximate surface area is 254 Å². The molecule has 2 fully saturated rings. The van der Waals surface area contributed by atoms with Crippen molar-refractivity contribution in [2.75, 3.05) is 53.1 Å². The summed E-state index contributed by atoms with van der Waals surface area (Å²) in [6, 6.07) is 7.85. The van der Waals surface area contributed by atoms with Gasteiger partial charge < -0.3 is 4.90 Å². The standard InChI is InChI=1S/C28H34Cl2F4N4O3S/c1-35(14-18-4-6-22(25(31)12-18)28(32,33)34)26-16-38(15-21(26)19-5-7-23(29)24(30)13-19)27(39)17-37-10-8-20(9-11-37)36(2)42(3,40)41/h4-7,12-13,20-21,26H,8-11,14-17H2,1-3H3/t21-,26+/m1/s1. The van der Waals surface area contributed by atoms with Gasteiger partial charge in [0.05, 0.1) is 28.4 Å². The van der Waals surface area contributed by atoms with E-state index in [-0.39, 0.29) is 37.0 Å². The van der Waals surface area contributed by atoms with E-state index in [4.69, 9.17) is 23.2 Å². The number of halogens is 6. The minimum Gasteiger partial charge on any atom is -0.339 e. The summed E-state index contributed by atoms with van der Waals surface area (Å²) in [4.78, 5) is 19.1. The van der Waals surface area contributed by atoms with Gasteiger partial charge in [-0.2, -0.15) is 13.2 Å². The maximum atomic E-state index is 14.3. The molecule has 2 aliphatic heterocycles. The van der Waals surface area contributed by atoms with Crippen LogP contribution in [0, 0.1) is 5.82 Å². The molecule has 0 N–H and O–H groups in total. The van der Waals surface area contributed by atoms with Crippen LogP contribution in [0.3, 0.4) is 0 Å². The average molecular weight is 654 g/mol. The van der Waals surface area contributed by atoms with Gasteiger partial charge >= 0.3 is 6.18 Å². The highest BCUT2D eigenvalue weighted by molar-refractivity contribution is 7.88. The molecule has 2 aromatic carbocycles. The first-order chi connectivity index (χ1) is 19.5. The fourth-order valence-electron chi connectivity index (χ4n) is 5.80. The molecule has 0 unspecified atom stereocenters. The van der Waals surface area contributed by atoms with Crippen molar-refractivity contribution >= 4 is 39.1 Å². The second-order valence-electron chi connectivity index (χ2n) is 11.2. The van der Waals surface area contributed by atoms with Crippen molar-refractivity contribution in [1.29, 1.82) is 0 Å². The molecule has 1 amide bonds. The van der Waals surface area contributed by atoms with E-state index >= 15 is 0 Å². The zero-order valence-corrected chi connectivity index (χ0v) is 25.9. The van der Waals surface area contributed by atoms with E-state index in [0.717, 1.165) is 17.7 Å². The van der Waals surface area contributed by atoms with Crippen molar-refractivity contribution in [2.24, 2.45) is 0 Å². The third-order valence-electron chi connectivity index (χ3n) is 8.30. The molecule has 0 aromatic heterocycles. The van der Waals surface area contributed by atoms with Crippen LogP contribution in [0.25, 0.3) is 0 Å². The van der Waals surface area contributed by atoms with E-state index in [9.17, 15) is 30.8 Å². The number of nitrogens with zero attached hydrogens (tertiary/aromatic N) is 4. The lowest BCUT2D eigenvalue weighted by Gasteiger charge is -2.35. The molecule has 14 heteroatoms.